The summed E-state index contributed by atoms with van der Waals surface area (Å²) in [4.78, 5) is 25.6. The van der Waals surface area contributed by atoms with Crippen molar-refractivity contribution in [2.75, 3.05) is 44.4 Å². The van der Waals surface area contributed by atoms with E-state index in [1.54, 1.807) is 10.7 Å². The van der Waals surface area contributed by atoms with Crippen molar-refractivity contribution in [1.29, 1.82) is 0 Å². The Labute approximate surface area is 333 Å². The van der Waals surface area contributed by atoms with E-state index in [4.69, 9.17) is 92.3 Å². The zero-order chi connectivity index (χ0) is 48.4. The number of benzene rings is 2. The number of likely N-dealkylation sites (N-methyl/N-ethyl adjacent to an activating group) is 2. The highest BCUT2D eigenvalue weighted by Crippen LogP contribution is 2.40. The summed E-state index contributed by atoms with van der Waals surface area (Å²) in [5, 5.41) is 21.2. The number of halogens is 18. The summed E-state index contributed by atoms with van der Waals surface area (Å²) in [5.74, 6) is 0.373. The maximum absolute atomic E-state index is 12.1. The molecule has 1 aliphatic heterocycles. The number of rotatable bonds is 9. The van der Waals surface area contributed by atoms with Crippen LogP contribution in [0.25, 0.3) is 33.3 Å². The number of nitrogens with one attached hydrogen (secondary N) is 1. The second-order valence-electron chi connectivity index (χ2n) is 11.7. The molecule has 0 spiro atoms. The van der Waals surface area contributed by atoms with Crippen LogP contribution in [0.2, 0.25) is 0 Å². The lowest BCUT2D eigenvalue weighted by atomic mass is 9.98. The van der Waals surface area contributed by atoms with Crippen molar-refractivity contribution in [3.05, 3.63) is 75.9 Å². The minimum Gasteiger partial charge on any atom is -0.368 e. The molecule has 1 N–H and O–H groups in total. The molecule has 6 rings (SSSR count). The number of hydrogen-bond donors (Lipinski definition) is 1. The van der Waals surface area contributed by atoms with Gasteiger partial charge in [-0.1, -0.05) is 18.2 Å². The fourth-order valence-electron chi connectivity index (χ4n) is 6.01. The fourth-order valence-corrected chi connectivity index (χ4v) is 6.01. The van der Waals surface area contributed by atoms with Crippen LogP contribution in [-0.4, -0.2) is 68.4 Å². The van der Waals surface area contributed by atoms with E-state index in [9.17, 15) is 10.1 Å². The van der Waals surface area contributed by atoms with Gasteiger partial charge < -0.3 is 19.7 Å². The first-order chi connectivity index (χ1) is 29.6. The van der Waals surface area contributed by atoms with Gasteiger partial charge in [0.1, 0.15) is 5.69 Å². The molecule has 348 valence electrons. The first-order valence-electron chi connectivity index (χ1n) is 15.8. The second kappa shape index (κ2) is 35.9. The van der Waals surface area contributed by atoms with E-state index in [0.717, 1.165) is 65.0 Å². The van der Waals surface area contributed by atoms with Gasteiger partial charge in [0.15, 0.2) is 0 Å². The van der Waals surface area contributed by atoms with E-state index >= 15 is 0 Å². The Hall–Kier alpha value is -6.03. The first-order valence-corrected chi connectivity index (χ1v) is 15.8. The molecule has 0 aliphatic carbocycles. The number of nitro benzene ring substituents is 1. The highest BCUT2D eigenvalue weighted by Gasteiger charge is 2.24. The first kappa shape index (κ1) is 61.6. The molecule has 0 saturated heterocycles. The molecule has 0 bridgehead atoms. The molecule has 0 amide bonds. The van der Waals surface area contributed by atoms with Crippen LogP contribution < -0.4 is 10.2 Å². The summed E-state index contributed by atoms with van der Waals surface area (Å²) in [5.41, 5.74) is 9.24. The number of aromatic nitrogens is 5. The molecular formula is C32H37F18N9O2. The molecule has 0 radical (unpaired) electrons. The highest BCUT2D eigenvalue weighted by atomic mass is 20.0. The Kier molecular flexibility index (Phi) is 36.2. The minimum atomic E-state index is -0.333. The third-order valence-corrected chi connectivity index (χ3v) is 8.23. The van der Waals surface area contributed by atoms with Crippen molar-refractivity contribution >= 4 is 33.9 Å². The summed E-state index contributed by atoms with van der Waals surface area (Å²) >= 11 is 0. The van der Waals surface area contributed by atoms with Crippen LogP contribution in [0.1, 0.15) is 23.2 Å². The molecule has 29 heteroatoms. The zero-order valence-corrected chi connectivity index (χ0v) is 32.4. The number of aryl methyl sites for hydroxylation is 5. The minimum absolute atomic E-state index is 0.0335. The molecule has 0 fully saturated rings. The number of anilines is 3. The Morgan fingerprint density at radius 3 is 1.87 bits per heavy atom. The van der Waals surface area contributed by atoms with Crippen molar-refractivity contribution < 1.29 is 87.3 Å². The molecule has 2 aromatic carbocycles. The molecule has 0 saturated carbocycles. The average molecular weight is 922 g/mol. The smallest absolute Gasteiger partial charge is 0.294 e. The molecule has 0 unspecified atom stereocenters. The van der Waals surface area contributed by atoms with E-state index in [-0.39, 0.29) is 10.6 Å². The van der Waals surface area contributed by atoms with Crippen LogP contribution in [0.15, 0.2) is 48.9 Å². The largest absolute Gasteiger partial charge is 0.368 e. The van der Waals surface area contributed by atoms with Crippen LogP contribution in [0, 0.1) is 24.0 Å². The van der Waals surface area contributed by atoms with Crippen LogP contribution in [-0.2, 0) is 20.0 Å². The number of nitro groups is 1. The standard InChI is InChI=1S/C32H37N9O2.9F2/c1-20-15-28(38(5)14-13-37(3)4)29(41(42)43)16-27(20)34-32-33-17-24(25-18-39(6)36-21(25)2)30(35-32)26-19-40-12-8-10-22-9-7-11-23(26)31(22)40;9*1-2/h7,9,11,15-19H,8,10,12-14H2,1-6H3,(H,33,34,35);;;;;;;;;. The lowest BCUT2D eigenvalue weighted by molar-refractivity contribution is -0.384. The van der Waals surface area contributed by atoms with Crippen LogP contribution >= 0.6 is 0 Å². The lowest BCUT2D eigenvalue weighted by Gasteiger charge is -2.22. The Bertz CT molecular complexity index is 1910. The van der Waals surface area contributed by atoms with Crippen molar-refractivity contribution in [3.63, 3.8) is 0 Å². The van der Waals surface area contributed by atoms with Crippen molar-refractivity contribution in [2.45, 2.75) is 33.2 Å². The van der Waals surface area contributed by atoms with Gasteiger partial charge in [0, 0.05) is 163 Å². The van der Waals surface area contributed by atoms with E-state index in [2.05, 4.69) is 44.3 Å². The SMILES string of the molecule is Cc1cc(N(C)CCN(C)C)c([N+](=O)[O-])cc1Nc1ncc(-c2cn(C)nc2C)c(-c2cn3c4c(cccc24)CCC3)n1.FF.FF.FF.FF.FF.FF.FF.FF.FF. The zero-order valence-electron chi connectivity index (χ0n) is 32.4. The highest BCUT2D eigenvalue weighted by molar-refractivity contribution is 6.00. The van der Waals surface area contributed by atoms with E-state index < -0.39 is 0 Å². The summed E-state index contributed by atoms with van der Waals surface area (Å²) < 4.78 is 148. The van der Waals surface area contributed by atoms with Gasteiger partial charge in [0.25, 0.3) is 5.69 Å². The predicted octanol–water partition coefficient (Wildman–Crippen LogP) is 13.3. The summed E-state index contributed by atoms with van der Waals surface area (Å²) in [6, 6.07) is 9.92. The van der Waals surface area contributed by atoms with Crippen LogP contribution in [0.5, 0.6) is 0 Å². The van der Waals surface area contributed by atoms with Gasteiger partial charge in [-0.3, -0.25) is 14.8 Å². The molecule has 11 nitrogen and oxygen atoms in total. The van der Waals surface area contributed by atoms with Gasteiger partial charge in [-0.15, -0.1) is 0 Å². The fraction of sp³-hybridized carbons (Fsp3) is 0.344. The Morgan fingerprint density at radius 1 is 0.787 bits per heavy atom. The van der Waals surface area contributed by atoms with Gasteiger partial charge in [0.05, 0.1) is 27.5 Å². The van der Waals surface area contributed by atoms with E-state index in [1.807, 2.05) is 65.4 Å². The van der Waals surface area contributed by atoms with E-state index in [1.165, 1.54) is 11.1 Å². The monoisotopic (exact) mass is 921 g/mol. The van der Waals surface area contributed by atoms with Gasteiger partial charge in [-0.25, -0.2) is 9.97 Å². The summed E-state index contributed by atoms with van der Waals surface area (Å²) in [7, 11) is 7.76. The summed E-state index contributed by atoms with van der Waals surface area (Å²) in [6.07, 6.45) is 8.18. The number of nitrogens with zero attached hydrogens (tertiary/aromatic N) is 8. The third kappa shape index (κ3) is 17.2. The molecule has 61 heavy (non-hydrogen) atoms. The van der Waals surface area contributed by atoms with Gasteiger partial charge >= 0.3 is 0 Å². The topological polar surface area (TPSA) is 110 Å². The molecule has 0 atom stereocenters. The molecule has 5 aromatic rings. The van der Waals surface area contributed by atoms with Gasteiger partial charge in [0.2, 0.25) is 5.95 Å². The Morgan fingerprint density at radius 2 is 1.36 bits per heavy atom. The molecular weight excluding hydrogens is 884 g/mol. The van der Waals surface area contributed by atoms with Gasteiger partial charge in [-0.2, -0.15) is 5.10 Å². The predicted molar refractivity (Wildman–Crippen MR) is 191 cm³/mol. The van der Waals surface area contributed by atoms with Crippen molar-refractivity contribution in [2.24, 2.45) is 7.05 Å². The number of para-hydroxylation sites is 1. The Balaban J connectivity index is -0.000000803. The maximum atomic E-state index is 12.1. The summed E-state index contributed by atoms with van der Waals surface area (Å²) in [6.45, 7) is 6.33. The lowest BCUT2D eigenvalue weighted by Crippen LogP contribution is -2.29. The third-order valence-electron chi connectivity index (χ3n) is 8.23. The van der Waals surface area contributed by atoms with Crippen LogP contribution in [0.3, 0.4) is 0 Å². The molecule has 1 aliphatic rings. The van der Waals surface area contributed by atoms with Gasteiger partial charge in [-0.05, 0) is 58.0 Å². The second-order valence-corrected chi connectivity index (χ2v) is 11.7. The van der Waals surface area contributed by atoms with Crippen molar-refractivity contribution in [1.82, 2.24) is 29.2 Å². The average Bonchev–Trinajstić information content (AvgIpc) is 3.88. The van der Waals surface area contributed by atoms with E-state index in [0.29, 0.717) is 23.9 Å². The van der Waals surface area contributed by atoms with Crippen molar-refractivity contribution in [3.8, 4) is 22.4 Å². The molecule has 3 aromatic heterocycles. The molecule has 4 heterocycles. The quantitative estimate of drug-likeness (QED) is 0.0884. The number of hydrogen-bond acceptors (Lipinski definition) is 8. The maximum Gasteiger partial charge on any atom is 0.294 e. The van der Waals surface area contributed by atoms with Crippen LogP contribution in [0.4, 0.5) is 105 Å². The normalized spacial score (nSPS) is 9.85.